The molecule has 1 N–H and O–H groups in total. The summed E-state index contributed by atoms with van der Waals surface area (Å²) in [5.74, 6) is 3.41. The molecule has 240 valence electrons. The lowest BCUT2D eigenvalue weighted by Crippen LogP contribution is -2.27. The number of phenols is 1. The van der Waals surface area contributed by atoms with E-state index < -0.39 is 0 Å². The highest BCUT2D eigenvalue weighted by molar-refractivity contribution is 5.67. The number of unbranched alkanes of at least 4 members (excludes halogenated alkanes) is 3. The molecule has 0 fully saturated rings. The average Bonchev–Trinajstić information content (AvgIpc) is 3.33. The van der Waals surface area contributed by atoms with Crippen molar-refractivity contribution in [2.75, 3.05) is 7.11 Å². The van der Waals surface area contributed by atoms with Crippen molar-refractivity contribution in [1.29, 1.82) is 0 Å². The molecule has 6 rings (SSSR count). The maximum atomic E-state index is 10.6. The van der Waals surface area contributed by atoms with Gasteiger partial charge >= 0.3 is 0 Å². The summed E-state index contributed by atoms with van der Waals surface area (Å²) in [6.07, 6.45) is 8.63. The molecule has 0 saturated carbocycles. The van der Waals surface area contributed by atoms with Gasteiger partial charge < -0.3 is 19.3 Å². The molecular formula is C39H55NO4. The third kappa shape index (κ3) is 5.79. The zero-order valence-electron chi connectivity index (χ0n) is 29.4. The van der Waals surface area contributed by atoms with Gasteiger partial charge in [0.2, 0.25) is 0 Å². The van der Waals surface area contributed by atoms with Gasteiger partial charge in [0.1, 0.15) is 0 Å². The molecule has 3 aromatic rings. The Balaban J connectivity index is 0.000000434. The molecule has 2 aliphatic carbocycles. The Kier molecular flexibility index (Phi) is 9.68. The van der Waals surface area contributed by atoms with Crippen molar-refractivity contribution < 1.29 is 19.3 Å². The number of benzene rings is 2. The molecule has 0 radical (unpaired) electrons. The van der Waals surface area contributed by atoms with Crippen molar-refractivity contribution in [3.8, 4) is 34.6 Å². The fraction of sp³-hybridized carbons (Fsp3) is 0.564. The van der Waals surface area contributed by atoms with Gasteiger partial charge in [-0.3, -0.25) is 0 Å². The molecule has 0 saturated heterocycles. The highest BCUT2D eigenvalue weighted by Crippen LogP contribution is 2.65. The number of hydrogen-bond donors (Lipinski definition) is 1. The number of pyridine rings is 1. The van der Waals surface area contributed by atoms with Gasteiger partial charge in [0.25, 0.3) is 5.88 Å². The third-order valence-corrected chi connectivity index (χ3v) is 9.91. The first-order valence-corrected chi connectivity index (χ1v) is 16.7. The molecule has 3 aliphatic rings. The fourth-order valence-corrected chi connectivity index (χ4v) is 7.30. The Morgan fingerprint density at radius 3 is 1.77 bits per heavy atom. The summed E-state index contributed by atoms with van der Waals surface area (Å²) >= 11 is 0. The summed E-state index contributed by atoms with van der Waals surface area (Å²) in [6.45, 7) is 24.1. The number of hydrogen-bond acceptors (Lipinski definition) is 5. The van der Waals surface area contributed by atoms with Crippen LogP contribution < -0.4 is 14.2 Å². The van der Waals surface area contributed by atoms with Gasteiger partial charge in [-0.2, -0.15) is 0 Å². The van der Waals surface area contributed by atoms with Crippen LogP contribution in [0.25, 0.3) is 0 Å². The minimum Gasteiger partial charge on any atom is -0.504 e. The van der Waals surface area contributed by atoms with Gasteiger partial charge in [-0.05, 0) is 96.5 Å². The van der Waals surface area contributed by atoms with Gasteiger partial charge in [-0.15, -0.1) is 0 Å². The number of aromatic hydroxyl groups is 1. The van der Waals surface area contributed by atoms with Crippen LogP contribution in [-0.2, 0) is 16.2 Å². The summed E-state index contributed by atoms with van der Waals surface area (Å²) in [6, 6.07) is 8.32. The third-order valence-electron chi connectivity index (χ3n) is 9.91. The summed E-state index contributed by atoms with van der Waals surface area (Å²) in [4.78, 5) is 4.67. The normalized spacial score (nSPS) is 19.2. The molecule has 2 heterocycles. The van der Waals surface area contributed by atoms with Crippen LogP contribution in [0.3, 0.4) is 0 Å². The van der Waals surface area contributed by atoms with Crippen molar-refractivity contribution in [1.82, 2.24) is 4.98 Å². The lowest BCUT2D eigenvalue weighted by Gasteiger charge is -2.31. The first-order valence-electron chi connectivity index (χ1n) is 16.7. The molecular weight excluding hydrogens is 546 g/mol. The summed E-state index contributed by atoms with van der Waals surface area (Å²) < 4.78 is 18.4. The van der Waals surface area contributed by atoms with Crippen molar-refractivity contribution >= 4 is 0 Å². The molecule has 5 nitrogen and oxygen atoms in total. The second kappa shape index (κ2) is 12.7. The Morgan fingerprint density at radius 2 is 1.25 bits per heavy atom. The highest BCUT2D eigenvalue weighted by atomic mass is 16.6. The molecule has 5 heteroatoms. The van der Waals surface area contributed by atoms with Gasteiger partial charge in [0.05, 0.1) is 7.11 Å². The zero-order chi connectivity index (χ0) is 32.6. The number of aromatic nitrogens is 1. The molecule has 2 aromatic carbocycles. The predicted molar refractivity (Wildman–Crippen MR) is 182 cm³/mol. The second-order valence-electron chi connectivity index (χ2n) is 14.3. The van der Waals surface area contributed by atoms with E-state index in [1.54, 1.807) is 7.11 Å². The van der Waals surface area contributed by atoms with E-state index in [0.29, 0.717) is 17.4 Å². The van der Waals surface area contributed by atoms with E-state index in [2.05, 4.69) is 92.4 Å². The van der Waals surface area contributed by atoms with E-state index >= 15 is 0 Å². The minimum atomic E-state index is -0.201. The van der Waals surface area contributed by atoms with Crippen molar-refractivity contribution in [2.24, 2.45) is 0 Å². The number of methoxy groups -OCH3 is 1. The van der Waals surface area contributed by atoms with Gasteiger partial charge in [0, 0.05) is 16.7 Å². The Hall–Kier alpha value is -3.21. The van der Waals surface area contributed by atoms with Crippen molar-refractivity contribution in [3.63, 3.8) is 0 Å². The smallest absolute Gasteiger partial charge is 0.263 e. The molecule has 1 aliphatic heterocycles. The predicted octanol–water partition coefficient (Wildman–Crippen LogP) is 11.3. The molecule has 44 heavy (non-hydrogen) atoms. The van der Waals surface area contributed by atoms with Crippen LogP contribution in [-0.4, -0.2) is 17.2 Å². The SMILES string of the molecule is CCCC.CCCCC.COc1cc2c(cc1O)C(C)(C)CC21CC(C)(C)c2cc3c(cc21)Oc1c(nc(C)c(C)c1C)O3. The first kappa shape index (κ1) is 33.7. The average molecular weight is 602 g/mol. The monoisotopic (exact) mass is 601 g/mol. The van der Waals surface area contributed by atoms with Crippen LogP contribution in [0.5, 0.6) is 34.6 Å². The van der Waals surface area contributed by atoms with E-state index in [1.165, 1.54) is 54.4 Å². The maximum Gasteiger partial charge on any atom is 0.263 e. The van der Waals surface area contributed by atoms with E-state index in [9.17, 15) is 5.11 Å². The lowest BCUT2D eigenvalue weighted by atomic mass is 9.72. The number of nitrogens with zero attached hydrogens (tertiary/aromatic N) is 1. The number of phenolic OH excluding ortho intramolecular Hbond substituents is 1. The standard InChI is InChI=1S/C30H33NO4.C5H12.C4H10/c1-15-16(2)26-27(31-17(15)3)35-25-10-19-21(12-24(25)34-26)30(14-29(19,6)7)13-28(4,5)18-9-22(32)23(33-8)11-20(18)30;1-3-5-4-2;1-3-4-2/h9-12,32H,13-14H2,1-8H3;3-5H2,1-2H3;3-4H2,1-2H3. The number of fused-ring (bicyclic) bond motifs is 6. The maximum absolute atomic E-state index is 10.6. The fourth-order valence-electron chi connectivity index (χ4n) is 7.30. The molecule has 1 atom stereocenters. The second-order valence-corrected chi connectivity index (χ2v) is 14.3. The molecule has 0 bridgehead atoms. The van der Waals surface area contributed by atoms with Gasteiger partial charge in [0.15, 0.2) is 28.7 Å². The van der Waals surface area contributed by atoms with E-state index in [-0.39, 0.29) is 22.0 Å². The minimum absolute atomic E-state index is 0.0661. The van der Waals surface area contributed by atoms with E-state index in [0.717, 1.165) is 41.2 Å². The quantitative estimate of drug-likeness (QED) is 0.252. The summed E-state index contributed by atoms with van der Waals surface area (Å²) in [5.41, 5.74) is 7.76. The number of rotatable bonds is 4. The summed E-state index contributed by atoms with van der Waals surface area (Å²) in [5, 5.41) is 10.6. The van der Waals surface area contributed by atoms with E-state index in [1.807, 2.05) is 13.0 Å². The summed E-state index contributed by atoms with van der Waals surface area (Å²) in [7, 11) is 1.61. The van der Waals surface area contributed by atoms with Crippen molar-refractivity contribution in [3.05, 3.63) is 63.3 Å². The highest BCUT2D eigenvalue weighted by Gasteiger charge is 2.57. The molecule has 1 unspecified atom stereocenters. The Bertz CT molecular complexity index is 1520. The van der Waals surface area contributed by atoms with Crippen LogP contribution in [0.2, 0.25) is 0 Å². The van der Waals surface area contributed by atoms with E-state index in [4.69, 9.17) is 14.2 Å². The van der Waals surface area contributed by atoms with Gasteiger partial charge in [-0.1, -0.05) is 87.5 Å². The molecule has 1 spiro atoms. The van der Waals surface area contributed by atoms with Crippen molar-refractivity contribution in [2.45, 2.75) is 137 Å². The first-order chi connectivity index (χ1) is 20.7. The lowest BCUT2D eigenvalue weighted by molar-refractivity contribution is 0.342. The van der Waals surface area contributed by atoms with Crippen LogP contribution in [0.15, 0.2) is 24.3 Å². The number of aryl methyl sites for hydroxylation is 1. The Labute approximate surface area is 266 Å². The zero-order valence-corrected chi connectivity index (χ0v) is 29.4. The van der Waals surface area contributed by atoms with Gasteiger partial charge in [-0.25, -0.2) is 4.98 Å². The molecule has 0 amide bonds. The van der Waals surface area contributed by atoms with Crippen LogP contribution >= 0.6 is 0 Å². The van der Waals surface area contributed by atoms with Crippen LogP contribution in [0.1, 0.15) is 139 Å². The van der Waals surface area contributed by atoms with Crippen LogP contribution in [0, 0.1) is 20.8 Å². The topological polar surface area (TPSA) is 60.8 Å². The largest absolute Gasteiger partial charge is 0.504 e. The Morgan fingerprint density at radius 1 is 0.727 bits per heavy atom. The van der Waals surface area contributed by atoms with Crippen LogP contribution in [0.4, 0.5) is 0 Å². The molecule has 1 aromatic heterocycles. The number of ether oxygens (including phenoxy) is 3.